The monoisotopic (exact) mass is 274 g/mol. The highest BCUT2D eigenvalue weighted by molar-refractivity contribution is 7.98. The molecule has 0 radical (unpaired) electrons. The molecule has 0 aliphatic heterocycles. The Balaban J connectivity index is 2.95. The number of halogens is 1. The van der Waals surface area contributed by atoms with Crippen molar-refractivity contribution >= 4 is 34.7 Å². The summed E-state index contributed by atoms with van der Waals surface area (Å²) < 4.78 is 0. The van der Waals surface area contributed by atoms with Gasteiger partial charge in [-0.05, 0) is 26.2 Å². The van der Waals surface area contributed by atoms with E-state index in [0.29, 0.717) is 10.6 Å². The lowest BCUT2D eigenvalue weighted by molar-refractivity contribution is -0.385. The average molecular weight is 275 g/mol. The van der Waals surface area contributed by atoms with Gasteiger partial charge in [-0.2, -0.15) is 11.8 Å². The van der Waals surface area contributed by atoms with Gasteiger partial charge in [-0.15, -0.1) is 0 Å². The molecule has 0 spiro atoms. The minimum Gasteiger partial charge on any atom is -0.381 e. The minimum absolute atomic E-state index is 0.0538. The van der Waals surface area contributed by atoms with Crippen LogP contribution in [0.15, 0.2) is 12.1 Å². The first-order valence-corrected chi connectivity index (χ1v) is 6.93. The summed E-state index contributed by atoms with van der Waals surface area (Å²) in [5.41, 5.74) is 1.41. The molecule has 1 aromatic carbocycles. The van der Waals surface area contributed by atoms with Crippen molar-refractivity contribution < 1.29 is 4.92 Å². The molecule has 0 amide bonds. The molecule has 17 heavy (non-hydrogen) atoms. The Labute approximate surface area is 110 Å². The summed E-state index contributed by atoms with van der Waals surface area (Å²) in [5, 5.41) is 14.4. The summed E-state index contributed by atoms with van der Waals surface area (Å²) in [5.74, 6) is 0.951. The van der Waals surface area contributed by atoms with Gasteiger partial charge >= 0.3 is 0 Å². The topological polar surface area (TPSA) is 55.2 Å². The highest BCUT2D eigenvalue weighted by Gasteiger charge is 2.15. The van der Waals surface area contributed by atoms with Crippen molar-refractivity contribution in [3.63, 3.8) is 0 Å². The minimum atomic E-state index is -0.420. The third-order valence-electron chi connectivity index (χ3n) is 2.30. The Morgan fingerprint density at radius 3 is 2.76 bits per heavy atom. The van der Waals surface area contributed by atoms with Crippen LogP contribution >= 0.6 is 23.4 Å². The van der Waals surface area contributed by atoms with Gasteiger partial charge in [-0.25, -0.2) is 0 Å². The van der Waals surface area contributed by atoms with E-state index in [1.54, 1.807) is 24.8 Å². The van der Waals surface area contributed by atoms with Crippen LogP contribution in [-0.4, -0.2) is 23.0 Å². The zero-order chi connectivity index (χ0) is 13.0. The van der Waals surface area contributed by atoms with Crippen LogP contribution in [0.1, 0.15) is 12.5 Å². The fourth-order valence-electron chi connectivity index (χ4n) is 1.54. The lowest BCUT2D eigenvalue weighted by Gasteiger charge is -2.15. The fraction of sp³-hybridized carbons (Fsp3) is 0.455. The molecule has 0 aliphatic carbocycles. The molecule has 1 unspecified atom stereocenters. The van der Waals surface area contributed by atoms with Crippen molar-refractivity contribution in [1.29, 1.82) is 0 Å². The van der Waals surface area contributed by atoms with Crippen LogP contribution in [0.5, 0.6) is 0 Å². The van der Waals surface area contributed by atoms with Crippen LogP contribution in [0.2, 0.25) is 5.02 Å². The van der Waals surface area contributed by atoms with E-state index in [0.717, 1.165) is 11.4 Å². The fourth-order valence-corrected chi connectivity index (χ4v) is 2.33. The SMILES string of the molecule is CSCC(C)Nc1cc(C)c([N+](=O)[O-])cc1Cl. The largest absolute Gasteiger partial charge is 0.381 e. The third kappa shape index (κ3) is 3.78. The Morgan fingerprint density at radius 1 is 1.59 bits per heavy atom. The maximum absolute atomic E-state index is 10.7. The van der Waals surface area contributed by atoms with E-state index in [2.05, 4.69) is 5.32 Å². The van der Waals surface area contributed by atoms with E-state index in [1.165, 1.54) is 6.07 Å². The molecule has 1 N–H and O–H groups in total. The van der Waals surface area contributed by atoms with Gasteiger partial charge in [0.25, 0.3) is 5.69 Å². The van der Waals surface area contributed by atoms with E-state index < -0.39 is 4.92 Å². The maximum Gasteiger partial charge on any atom is 0.273 e. The second-order valence-electron chi connectivity index (χ2n) is 3.88. The number of hydrogen-bond donors (Lipinski definition) is 1. The predicted octanol–water partition coefficient (Wildman–Crippen LogP) is 3.72. The number of nitro groups is 1. The second-order valence-corrected chi connectivity index (χ2v) is 5.19. The number of thioether (sulfide) groups is 1. The summed E-state index contributed by atoms with van der Waals surface area (Å²) in [4.78, 5) is 10.3. The van der Waals surface area contributed by atoms with Crippen molar-refractivity contribution in [2.45, 2.75) is 19.9 Å². The van der Waals surface area contributed by atoms with Crippen molar-refractivity contribution in [2.24, 2.45) is 0 Å². The third-order valence-corrected chi connectivity index (χ3v) is 3.45. The van der Waals surface area contributed by atoms with Crippen molar-refractivity contribution in [2.75, 3.05) is 17.3 Å². The first kappa shape index (κ1) is 14.1. The van der Waals surface area contributed by atoms with Gasteiger partial charge in [-0.1, -0.05) is 11.6 Å². The van der Waals surface area contributed by atoms with Gasteiger partial charge in [0.1, 0.15) is 0 Å². The average Bonchev–Trinajstić information content (AvgIpc) is 2.22. The standard InChI is InChI=1S/C11H15ClN2O2S/c1-7-4-10(13-8(2)6-17-3)9(12)5-11(7)14(15)16/h4-5,8,13H,6H2,1-3H3. The smallest absolute Gasteiger partial charge is 0.273 e. The van der Waals surface area contributed by atoms with E-state index in [9.17, 15) is 10.1 Å². The van der Waals surface area contributed by atoms with E-state index >= 15 is 0 Å². The van der Waals surface area contributed by atoms with E-state index in [4.69, 9.17) is 11.6 Å². The molecular weight excluding hydrogens is 260 g/mol. The molecular formula is C11H15ClN2O2S. The Hall–Kier alpha value is -0.940. The molecule has 1 atom stereocenters. The van der Waals surface area contributed by atoms with Crippen LogP contribution in [0.25, 0.3) is 0 Å². The Kier molecular flexibility index (Phi) is 5.08. The lowest BCUT2D eigenvalue weighted by Crippen LogP contribution is -2.18. The summed E-state index contributed by atoms with van der Waals surface area (Å²) in [7, 11) is 0. The number of nitrogens with one attached hydrogen (secondary N) is 1. The summed E-state index contributed by atoms with van der Waals surface area (Å²) >= 11 is 7.75. The van der Waals surface area contributed by atoms with Gasteiger partial charge in [0.2, 0.25) is 0 Å². The molecule has 0 heterocycles. The molecule has 94 valence electrons. The molecule has 1 rings (SSSR count). The van der Waals surface area contributed by atoms with Gasteiger partial charge in [-0.3, -0.25) is 10.1 Å². The molecule has 0 saturated carbocycles. The molecule has 0 fully saturated rings. The quantitative estimate of drug-likeness (QED) is 0.657. The molecule has 0 aromatic heterocycles. The highest BCUT2D eigenvalue weighted by Crippen LogP contribution is 2.30. The summed E-state index contributed by atoms with van der Waals surface area (Å²) in [6, 6.07) is 3.38. The first-order chi connectivity index (χ1) is 7.95. The zero-order valence-electron chi connectivity index (χ0n) is 9.99. The van der Waals surface area contributed by atoms with Crippen LogP contribution in [0.4, 0.5) is 11.4 Å². The molecule has 0 bridgehead atoms. The van der Waals surface area contributed by atoms with Crippen molar-refractivity contribution in [1.82, 2.24) is 0 Å². The Bertz CT molecular complexity index is 426. The number of nitro benzene ring substituents is 1. The maximum atomic E-state index is 10.7. The lowest BCUT2D eigenvalue weighted by atomic mass is 10.1. The second kappa shape index (κ2) is 6.12. The van der Waals surface area contributed by atoms with Gasteiger partial charge in [0, 0.05) is 23.4 Å². The van der Waals surface area contributed by atoms with Gasteiger partial charge in [0.15, 0.2) is 0 Å². The molecule has 6 heteroatoms. The number of aryl methyl sites for hydroxylation is 1. The summed E-state index contributed by atoms with van der Waals surface area (Å²) in [6.45, 7) is 3.75. The molecule has 0 aliphatic rings. The zero-order valence-corrected chi connectivity index (χ0v) is 11.6. The van der Waals surface area contributed by atoms with Crippen molar-refractivity contribution in [3.8, 4) is 0 Å². The highest BCUT2D eigenvalue weighted by atomic mass is 35.5. The molecule has 0 saturated heterocycles. The van der Waals surface area contributed by atoms with Crippen LogP contribution < -0.4 is 5.32 Å². The van der Waals surface area contributed by atoms with E-state index in [-0.39, 0.29) is 11.7 Å². The van der Waals surface area contributed by atoms with Crippen LogP contribution in [-0.2, 0) is 0 Å². The predicted molar refractivity (Wildman–Crippen MR) is 74.3 cm³/mol. The number of hydrogen-bond acceptors (Lipinski definition) is 4. The number of nitrogens with zero attached hydrogens (tertiary/aromatic N) is 1. The summed E-state index contributed by atoms with van der Waals surface area (Å²) in [6.07, 6.45) is 2.03. The Morgan fingerprint density at radius 2 is 2.24 bits per heavy atom. The van der Waals surface area contributed by atoms with E-state index in [1.807, 2.05) is 13.2 Å². The normalized spacial score (nSPS) is 12.2. The van der Waals surface area contributed by atoms with Crippen molar-refractivity contribution in [3.05, 3.63) is 32.8 Å². The van der Waals surface area contributed by atoms with Crippen LogP contribution in [0, 0.1) is 17.0 Å². The first-order valence-electron chi connectivity index (χ1n) is 5.15. The molecule has 4 nitrogen and oxygen atoms in total. The number of benzene rings is 1. The van der Waals surface area contributed by atoms with Gasteiger partial charge in [0.05, 0.1) is 15.6 Å². The number of rotatable bonds is 5. The number of anilines is 1. The van der Waals surface area contributed by atoms with Gasteiger partial charge < -0.3 is 5.32 Å². The molecule has 1 aromatic rings. The van der Waals surface area contributed by atoms with Crippen LogP contribution in [0.3, 0.4) is 0 Å².